The van der Waals surface area contributed by atoms with Gasteiger partial charge in [0.2, 0.25) is 0 Å². The summed E-state index contributed by atoms with van der Waals surface area (Å²) in [6.07, 6.45) is -0.742. The molecule has 0 aliphatic rings. The molecule has 0 aliphatic carbocycles. The van der Waals surface area contributed by atoms with Crippen molar-refractivity contribution in [3.8, 4) is 0 Å². The van der Waals surface area contributed by atoms with Crippen LogP contribution in [0.2, 0.25) is 0 Å². The highest BCUT2D eigenvalue weighted by atomic mass is 16.4. The molecule has 9 heavy (non-hydrogen) atoms. The van der Waals surface area contributed by atoms with Gasteiger partial charge in [-0.05, 0) is 0 Å². The molecule has 0 radical (unpaired) electrons. The van der Waals surface area contributed by atoms with Gasteiger partial charge in [-0.25, -0.2) is 0 Å². The van der Waals surface area contributed by atoms with E-state index in [0.29, 0.717) is 0 Å². The SMILES string of the molecule is [2H]C([2H])(N)C(=O)CCC(=O)O. The van der Waals surface area contributed by atoms with E-state index < -0.39 is 18.2 Å². The topological polar surface area (TPSA) is 80.4 Å². The summed E-state index contributed by atoms with van der Waals surface area (Å²) in [4.78, 5) is 20.5. The van der Waals surface area contributed by atoms with Gasteiger partial charge in [0.25, 0.3) is 0 Å². The van der Waals surface area contributed by atoms with Crippen LogP contribution in [0.3, 0.4) is 0 Å². The maximum Gasteiger partial charge on any atom is 0.303 e. The number of ketones is 1. The average molecular weight is 133 g/mol. The highest BCUT2D eigenvalue weighted by Crippen LogP contribution is 1.87. The van der Waals surface area contributed by atoms with Crippen LogP contribution in [0.1, 0.15) is 15.6 Å². The third kappa shape index (κ3) is 4.96. The summed E-state index contributed by atoms with van der Waals surface area (Å²) in [6.45, 7) is -2.41. The van der Waals surface area contributed by atoms with Crippen molar-refractivity contribution in [2.75, 3.05) is 6.50 Å². The highest BCUT2D eigenvalue weighted by molar-refractivity contribution is 5.83. The number of carbonyl (C=O) groups is 2. The van der Waals surface area contributed by atoms with Crippen molar-refractivity contribution in [3.63, 3.8) is 0 Å². The van der Waals surface area contributed by atoms with Crippen molar-refractivity contribution in [2.24, 2.45) is 5.73 Å². The van der Waals surface area contributed by atoms with E-state index in [-0.39, 0.29) is 12.8 Å². The van der Waals surface area contributed by atoms with E-state index in [1.165, 1.54) is 0 Å². The summed E-state index contributed by atoms with van der Waals surface area (Å²) in [7, 11) is 0. The van der Waals surface area contributed by atoms with Crippen molar-refractivity contribution in [1.29, 1.82) is 0 Å². The van der Waals surface area contributed by atoms with E-state index in [1.807, 2.05) is 0 Å². The van der Waals surface area contributed by atoms with Gasteiger partial charge in [-0.2, -0.15) is 0 Å². The summed E-state index contributed by atoms with van der Waals surface area (Å²) in [6, 6.07) is 0. The van der Waals surface area contributed by atoms with Crippen molar-refractivity contribution < 1.29 is 17.4 Å². The molecule has 0 amide bonds. The van der Waals surface area contributed by atoms with Crippen molar-refractivity contribution in [3.05, 3.63) is 0 Å². The van der Waals surface area contributed by atoms with Crippen LogP contribution in [-0.4, -0.2) is 23.4 Å². The average Bonchev–Trinajstić information content (AvgIpc) is 1.80. The van der Waals surface area contributed by atoms with Gasteiger partial charge >= 0.3 is 5.97 Å². The van der Waals surface area contributed by atoms with E-state index in [4.69, 9.17) is 13.6 Å². The molecule has 3 N–H and O–H groups in total. The number of carboxylic acids is 1. The lowest BCUT2D eigenvalue weighted by atomic mass is 10.2. The Morgan fingerprint density at radius 1 is 1.56 bits per heavy atom. The molecular weight excluding hydrogens is 122 g/mol. The van der Waals surface area contributed by atoms with E-state index in [2.05, 4.69) is 0 Å². The first-order valence-corrected chi connectivity index (χ1v) is 2.38. The van der Waals surface area contributed by atoms with E-state index in [9.17, 15) is 9.59 Å². The maximum absolute atomic E-state index is 10.6. The Balaban J connectivity index is 3.80. The van der Waals surface area contributed by atoms with E-state index in [0.717, 1.165) is 0 Å². The molecule has 0 aliphatic heterocycles. The van der Waals surface area contributed by atoms with Gasteiger partial charge < -0.3 is 10.8 Å². The summed E-state index contributed by atoms with van der Waals surface area (Å²) in [5, 5.41) is 8.11. The van der Waals surface area contributed by atoms with Gasteiger partial charge in [-0.15, -0.1) is 0 Å². The third-order valence-corrected chi connectivity index (χ3v) is 0.727. The van der Waals surface area contributed by atoms with Crippen LogP contribution < -0.4 is 5.73 Å². The molecule has 0 unspecified atom stereocenters. The van der Waals surface area contributed by atoms with Crippen molar-refractivity contribution in [1.82, 2.24) is 0 Å². The fraction of sp³-hybridized carbons (Fsp3) is 0.600. The normalized spacial score (nSPS) is 13.9. The van der Waals surface area contributed by atoms with Gasteiger partial charge in [0, 0.05) is 6.42 Å². The second-order valence-electron chi connectivity index (χ2n) is 1.46. The number of aliphatic carboxylic acids is 1. The minimum atomic E-state index is -2.41. The molecule has 0 fully saturated rings. The molecule has 4 heteroatoms. The number of hydrogen-bond acceptors (Lipinski definition) is 3. The van der Waals surface area contributed by atoms with Gasteiger partial charge in [-0.3, -0.25) is 9.59 Å². The summed E-state index contributed by atoms with van der Waals surface area (Å²) >= 11 is 0. The lowest BCUT2D eigenvalue weighted by Gasteiger charge is -1.90. The zero-order chi connectivity index (χ0) is 9.07. The first-order chi connectivity index (χ1) is 4.84. The van der Waals surface area contributed by atoms with Crippen LogP contribution in [-0.2, 0) is 9.59 Å². The maximum atomic E-state index is 10.6. The van der Waals surface area contributed by atoms with Gasteiger partial charge in [0.05, 0.1) is 15.7 Å². The van der Waals surface area contributed by atoms with E-state index in [1.54, 1.807) is 0 Å². The van der Waals surface area contributed by atoms with Crippen LogP contribution in [0.15, 0.2) is 0 Å². The highest BCUT2D eigenvalue weighted by Gasteiger charge is 2.01. The smallest absolute Gasteiger partial charge is 0.303 e. The summed E-state index contributed by atoms with van der Waals surface area (Å²) in [5.74, 6) is -2.03. The Morgan fingerprint density at radius 2 is 2.11 bits per heavy atom. The minimum Gasteiger partial charge on any atom is -0.481 e. The van der Waals surface area contributed by atoms with Crippen LogP contribution in [0.5, 0.6) is 0 Å². The predicted molar refractivity (Wildman–Crippen MR) is 30.9 cm³/mol. The second-order valence-corrected chi connectivity index (χ2v) is 1.46. The van der Waals surface area contributed by atoms with E-state index >= 15 is 0 Å². The summed E-state index contributed by atoms with van der Waals surface area (Å²) in [5.41, 5.74) is 4.76. The lowest BCUT2D eigenvalue weighted by molar-refractivity contribution is -0.138. The Labute approximate surface area is 55.5 Å². The van der Waals surface area contributed by atoms with Gasteiger partial charge in [0.1, 0.15) is 5.78 Å². The zero-order valence-electron chi connectivity index (χ0n) is 6.76. The molecule has 0 saturated carbocycles. The largest absolute Gasteiger partial charge is 0.481 e. The van der Waals surface area contributed by atoms with Crippen LogP contribution >= 0.6 is 0 Å². The number of nitrogens with two attached hydrogens (primary N) is 1. The molecule has 0 rings (SSSR count). The molecule has 4 nitrogen and oxygen atoms in total. The predicted octanol–water partition coefficient (Wildman–Crippen LogP) is -0.621. The first-order valence-electron chi connectivity index (χ1n) is 3.38. The number of carbonyl (C=O) groups excluding carboxylic acids is 1. The van der Waals surface area contributed by atoms with Crippen LogP contribution in [0.25, 0.3) is 0 Å². The van der Waals surface area contributed by atoms with Crippen molar-refractivity contribution in [2.45, 2.75) is 12.8 Å². The fourth-order valence-corrected chi connectivity index (χ4v) is 0.293. The molecule has 52 valence electrons. The standard InChI is InChI=1S/C5H9NO3/c6-3-4(7)1-2-5(8)9/h1-3,6H2,(H,8,9)/i3D2. The number of hydrogen-bond donors (Lipinski definition) is 2. The Kier molecular flexibility index (Phi) is 2.21. The lowest BCUT2D eigenvalue weighted by Crippen LogP contribution is -2.14. The van der Waals surface area contributed by atoms with Crippen molar-refractivity contribution >= 4 is 11.8 Å². The van der Waals surface area contributed by atoms with Crippen LogP contribution in [0.4, 0.5) is 0 Å². The number of carboxylic acid groups (broad SMARTS) is 1. The number of Topliss-reactive ketones (excluding diaryl/α,β-unsaturated/α-hetero) is 1. The quantitative estimate of drug-likeness (QED) is 0.535. The molecule has 0 aromatic rings. The Hall–Kier alpha value is -0.900. The molecule has 0 atom stereocenters. The molecule has 0 bridgehead atoms. The number of rotatable bonds is 4. The second kappa shape index (κ2) is 4.03. The Bertz CT molecular complexity index is 175. The Morgan fingerprint density at radius 3 is 2.44 bits per heavy atom. The van der Waals surface area contributed by atoms with Gasteiger partial charge in [0.15, 0.2) is 0 Å². The molecule has 0 aromatic heterocycles. The third-order valence-electron chi connectivity index (χ3n) is 0.727. The monoisotopic (exact) mass is 133 g/mol. The molecule has 0 aromatic carbocycles. The van der Waals surface area contributed by atoms with Crippen LogP contribution in [0, 0.1) is 0 Å². The summed E-state index contributed by atoms with van der Waals surface area (Å²) < 4.78 is 13.4. The molecule has 0 saturated heterocycles. The molecule has 0 spiro atoms. The first kappa shape index (κ1) is 4.93. The van der Waals surface area contributed by atoms with Gasteiger partial charge in [-0.1, -0.05) is 0 Å². The minimum absolute atomic E-state index is 0.362. The zero-order valence-corrected chi connectivity index (χ0v) is 4.76. The fourth-order valence-electron chi connectivity index (χ4n) is 0.293. The molecule has 0 heterocycles. The molecular formula is C5H9NO3.